The Balaban J connectivity index is 1.26. The van der Waals surface area contributed by atoms with E-state index in [9.17, 15) is 0 Å². The van der Waals surface area contributed by atoms with Crippen LogP contribution in [0.3, 0.4) is 0 Å². The van der Waals surface area contributed by atoms with Crippen LogP contribution in [-0.4, -0.2) is 20.3 Å². The molecule has 0 spiro atoms. The van der Waals surface area contributed by atoms with Gasteiger partial charge in [0.15, 0.2) is 0 Å². The molecule has 1 aliphatic carbocycles. The molecule has 0 amide bonds. The number of benzene rings is 1. The lowest BCUT2D eigenvalue weighted by molar-refractivity contribution is 0.391. The maximum Gasteiger partial charge on any atom is 0.277 e. The molecular weight excluding hydrogens is 392 g/mol. The van der Waals surface area contributed by atoms with Crippen molar-refractivity contribution in [1.29, 1.82) is 0 Å². The molecule has 5 rings (SSSR count). The van der Waals surface area contributed by atoms with Gasteiger partial charge < -0.3 is 8.94 Å². The van der Waals surface area contributed by atoms with E-state index in [1.54, 1.807) is 11.3 Å². The number of aryl methyl sites for hydroxylation is 1. The Morgan fingerprint density at radius 1 is 1.21 bits per heavy atom. The molecule has 0 aliphatic heterocycles. The molecular formula is C20H18N4O2S2. The van der Waals surface area contributed by atoms with Crippen LogP contribution >= 0.6 is 23.1 Å². The number of hydrogen-bond donors (Lipinski definition) is 0. The summed E-state index contributed by atoms with van der Waals surface area (Å²) in [5.74, 6) is 2.94. The average molecular weight is 411 g/mol. The predicted octanol–water partition coefficient (Wildman–Crippen LogP) is 5.27. The maximum absolute atomic E-state index is 5.85. The molecule has 142 valence electrons. The fraction of sp³-hybridized carbons (Fsp3) is 0.300. The smallest absolute Gasteiger partial charge is 0.277 e. The van der Waals surface area contributed by atoms with Crippen LogP contribution in [0, 0.1) is 5.92 Å². The summed E-state index contributed by atoms with van der Waals surface area (Å²) in [7, 11) is 0. The minimum atomic E-state index is 0.486. The molecule has 0 bridgehead atoms. The number of nitrogens with zero attached hydrogens (tertiary/aromatic N) is 4. The normalized spacial score (nSPS) is 16.2. The molecule has 0 saturated carbocycles. The summed E-state index contributed by atoms with van der Waals surface area (Å²) in [5.41, 5.74) is 2.36. The second kappa shape index (κ2) is 7.52. The zero-order chi connectivity index (χ0) is 18.9. The van der Waals surface area contributed by atoms with Gasteiger partial charge >= 0.3 is 0 Å². The largest absolute Gasteiger partial charge is 0.410 e. The first-order valence-corrected chi connectivity index (χ1v) is 11.0. The topological polar surface area (TPSA) is 77.8 Å². The number of rotatable bonds is 5. The van der Waals surface area contributed by atoms with Gasteiger partial charge in [0.2, 0.25) is 11.7 Å². The summed E-state index contributed by atoms with van der Waals surface area (Å²) in [6.07, 6.45) is 3.55. The number of thioether (sulfide) groups is 1. The molecule has 3 heterocycles. The van der Waals surface area contributed by atoms with Crippen molar-refractivity contribution in [2.45, 2.75) is 37.2 Å². The lowest BCUT2D eigenvalue weighted by atomic mass is 9.90. The number of fused-ring (bicyclic) bond motifs is 1. The van der Waals surface area contributed by atoms with Gasteiger partial charge in [-0.15, -0.1) is 21.5 Å². The van der Waals surface area contributed by atoms with Gasteiger partial charge in [0.05, 0.1) is 10.6 Å². The third kappa shape index (κ3) is 3.62. The summed E-state index contributed by atoms with van der Waals surface area (Å²) in [5, 5.41) is 12.9. The van der Waals surface area contributed by atoms with Crippen LogP contribution in [0.2, 0.25) is 0 Å². The molecule has 0 N–H and O–H groups in total. The average Bonchev–Trinajstić information content (AvgIpc) is 3.45. The first-order valence-electron chi connectivity index (χ1n) is 9.21. The van der Waals surface area contributed by atoms with Crippen LogP contribution in [-0.2, 0) is 18.6 Å². The van der Waals surface area contributed by atoms with E-state index < -0.39 is 0 Å². The Bertz CT molecular complexity index is 1090. The Labute approximate surface area is 170 Å². The van der Waals surface area contributed by atoms with Crippen molar-refractivity contribution in [3.05, 3.63) is 52.7 Å². The van der Waals surface area contributed by atoms with E-state index in [4.69, 9.17) is 8.94 Å². The van der Waals surface area contributed by atoms with Crippen molar-refractivity contribution in [1.82, 2.24) is 20.3 Å². The van der Waals surface area contributed by atoms with E-state index in [-0.39, 0.29) is 0 Å². The highest BCUT2D eigenvalue weighted by Gasteiger charge is 2.21. The van der Waals surface area contributed by atoms with Gasteiger partial charge in [0.25, 0.3) is 11.1 Å². The van der Waals surface area contributed by atoms with Crippen LogP contribution in [0.4, 0.5) is 0 Å². The first-order chi connectivity index (χ1) is 13.7. The third-order valence-electron chi connectivity index (χ3n) is 4.77. The summed E-state index contributed by atoms with van der Waals surface area (Å²) in [6, 6.07) is 12.0. The SMILES string of the molecule is C[C@@H]1CCc2sc(-c3nnc(SCc4nc(-c5ccccc5)no4)o3)cc2C1. The van der Waals surface area contributed by atoms with Crippen molar-refractivity contribution in [3.8, 4) is 22.2 Å². The van der Waals surface area contributed by atoms with Gasteiger partial charge in [-0.2, -0.15) is 4.98 Å². The number of hydrogen-bond acceptors (Lipinski definition) is 8. The minimum Gasteiger partial charge on any atom is -0.410 e. The Hall–Kier alpha value is -2.45. The van der Waals surface area contributed by atoms with Crippen molar-refractivity contribution in [2.24, 2.45) is 5.92 Å². The Morgan fingerprint density at radius 2 is 2.11 bits per heavy atom. The summed E-state index contributed by atoms with van der Waals surface area (Å²) < 4.78 is 11.2. The van der Waals surface area contributed by atoms with E-state index in [0.717, 1.165) is 29.2 Å². The lowest BCUT2D eigenvalue weighted by Crippen LogP contribution is -2.07. The standard InChI is InChI=1S/C20H18N4O2S2/c1-12-7-8-15-14(9-12)10-16(28-15)19-22-23-20(25-19)27-11-17-21-18(24-26-17)13-5-3-2-4-6-13/h2-6,10,12H,7-9,11H2,1H3/t12-/m1/s1. The molecule has 28 heavy (non-hydrogen) atoms. The van der Waals surface area contributed by atoms with E-state index in [1.807, 2.05) is 30.3 Å². The molecule has 6 nitrogen and oxygen atoms in total. The van der Waals surface area contributed by atoms with Crippen molar-refractivity contribution in [2.75, 3.05) is 0 Å². The van der Waals surface area contributed by atoms with E-state index in [0.29, 0.717) is 28.6 Å². The molecule has 1 aromatic carbocycles. The minimum absolute atomic E-state index is 0.486. The van der Waals surface area contributed by atoms with Crippen LogP contribution in [0.5, 0.6) is 0 Å². The Morgan fingerprint density at radius 3 is 3.00 bits per heavy atom. The Kier molecular flexibility index (Phi) is 4.74. The zero-order valence-corrected chi connectivity index (χ0v) is 16.9. The van der Waals surface area contributed by atoms with Gasteiger partial charge in [-0.1, -0.05) is 54.2 Å². The van der Waals surface area contributed by atoms with Crippen molar-refractivity contribution in [3.63, 3.8) is 0 Å². The second-order valence-corrected chi connectivity index (χ2v) is 9.01. The molecule has 8 heteroatoms. The van der Waals surface area contributed by atoms with Gasteiger partial charge in [0.1, 0.15) is 0 Å². The first kappa shape index (κ1) is 17.6. The summed E-state index contributed by atoms with van der Waals surface area (Å²) in [6.45, 7) is 2.31. The lowest BCUT2D eigenvalue weighted by Gasteiger charge is -2.16. The quantitative estimate of drug-likeness (QED) is 0.415. The highest BCUT2D eigenvalue weighted by molar-refractivity contribution is 7.98. The van der Waals surface area contributed by atoms with Crippen molar-refractivity contribution >= 4 is 23.1 Å². The molecule has 0 fully saturated rings. The second-order valence-electron chi connectivity index (χ2n) is 6.95. The highest BCUT2D eigenvalue weighted by atomic mass is 32.2. The zero-order valence-electron chi connectivity index (χ0n) is 15.3. The van der Waals surface area contributed by atoms with Gasteiger partial charge in [-0.25, -0.2) is 0 Å². The van der Waals surface area contributed by atoms with Crippen LogP contribution in [0.25, 0.3) is 22.2 Å². The molecule has 3 aromatic heterocycles. The van der Waals surface area contributed by atoms with Crippen LogP contribution < -0.4 is 0 Å². The highest BCUT2D eigenvalue weighted by Crippen LogP contribution is 2.37. The van der Waals surface area contributed by atoms with Gasteiger partial charge in [0, 0.05) is 10.4 Å². The van der Waals surface area contributed by atoms with Gasteiger partial charge in [-0.05, 0) is 36.8 Å². The monoisotopic (exact) mass is 410 g/mol. The predicted molar refractivity (Wildman–Crippen MR) is 108 cm³/mol. The summed E-state index contributed by atoms with van der Waals surface area (Å²) >= 11 is 3.17. The third-order valence-corrected chi connectivity index (χ3v) is 6.79. The molecule has 0 unspecified atom stereocenters. The van der Waals surface area contributed by atoms with E-state index in [1.165, 1.54) is 28.6 Å². The molecule has 4 aromatic rings. The van der Waals surface area contributed by atoms with Crippen LogP contribution in [0.1, 0.15) is 29.7 Å². The molecule has 1 aliphatic rings. The molecule has 1 atom stereocenters. The number of thiophene rings is 1. The fourth-order valence-electron chi connectivity index (χ4n) is 3.32. The van der Waals surface area contributed by atoms with Crippen LogP contribution in [0.15, 0.2) is 50.6 Å². The fourth-order valence-corrected chi connectivity index (χ4v) is 5.05. The molecule has 0 saturated heterocycles. The van der Waals surface area contributed by atoms with E-state index >= 15 is 0 Å². The summed E-state index contributed by atoms with van der Waals surface area (Å²) in [4.78, 5) is 6.94. The maximum atomic E-state index is 5.85. The van der Waals surface area contributed by atoms with Gasteiger partial charge in [-0.3, -0.25) is 0 Å². The van der Waals surface area contributed by atoms with E-state index in [2.05, 4.69) is 33.3 Å². The number of aromatic nitrogens is 4. The molecule has 0 radical (unpaired) electrons. The van der Waals surface area contributed by atoms with Crippen molar-refractivity contribution < 1.29 is 8.94 Å².